The molecule has 0 aliphatic carbocycles. The average Bonchev–Trinajstić information content (AvgIpc) is 2.83. The zero-order valence-electron chi connectivity index (χ0n) is 12.7. The Labute approximate surface area is 141 Å². The fourth-order valence-electron chi connectivity index (χ4n) is 2.72. The summed E-state index contributed by atoms with van der Waals surface area (Å²) in [5.41, 5.74) is 2.29. The lowest BCUT2D eigenvalue weighted by Gasteiger charge is -2.09. The first kappa shape index (κ1) is 16.6. The topological polar surface area (TPSA) is 22.0 Å². The summed E-state index contributed by atoms with van der Waals surface area (Å²) in [5, 5.41) is 0.431. The molecule has 0 saturated carbocycles. The van der Waals surface area contributed by atoms with Gasteiger partial charge in [-0.2, -0.15) is 13.2 Å². The second-order valence-corrected chi connectivity index (χ2v) is 5.98. The van der Waals surface area contributed by atoms with Gasteiger partial charge in [-0.15, -0.1) is 0 Å². The molecule has 1 aromatic heterocycles. The van der Waals surface area contributed by atoms with E-state index >= 15 is 0 Å². The van der Waals surface area contributed by atoms with Crippen LogP contribution in [-0.2, 0) is 12.7 Å². The number of hydrogen-bond donors (Lipinski definition) is 0. The van der Waals surface area contributed by atoms with Crippen molar-refractivity contribution in [2.45, 2.75) is 19.6 Å². The number of rotatable bonds is 3. The van der Waals surface area contributed by atoms with Crippen LogP contribution in [0.25, 0.3) is 10.9 Å². The van der Waals surface area contributed by atoms with Gasteiger partial charge in [0.2, 0.25) is 0 Å². The fraction of sp³-hybridized carbons (Fsp3) is 0.167. The average molecular weight is 352 g/mol. The number of carbonyl (C=O) groups is 1. The molecule has 2 nitrogen and oxygen atoms in total. The number of benzene rings is 2. The van der Waals surface area contributed by atoms with Crippen molar-refractivity contribution < 1.29 is 18.0 Å². The number of carbonyl (C=O) groups excluding carboxylic acids is 1. The molecule has 24 heavy (non-hydrogen) atoms. The van der Waals surface area contributed by atoms with E-state index in [4.69, 9.17) is 11.6 Å². The molecule has 3 rings (SSSR count). The lowest BCUT2D eigenvalue weighted by atomic mass is 10.1. The summed E-state index contributed by atoms with van der Waals surface area (Å²) in [4.78, 5) is 11.3. The van der Waals surface area contributed by atoms with Crippen LogP contribution in [0.3, 0.4) is 0 Å². The molecule has 0 radical (unpaired) electrons. The van der Waals surface area contributed by atoms with E-state index in [1.807, 2.05) is 23.8 Å². The summed E-state index contributed by atoms with van der Waals surface area (Å²) in [6, 6.07) is 10.2. The van der Waals surface area contributed by atoms with Crippen LogP contribution in [0.1, 0.15) is 27.0 Å². The first-order valence-corrected chi connectivity index (χ1v) is 7.59. The third-order valence-electron chi connectivity index (χ3n) is 3.94. The highest BCUT2D eigenvalue weighted by Crippen LogP contribution is 2.29. The number of nitrogens with zero attached hydrogens (tertiary/aromatic N) is 1. The highest BCUT2D eigenvalue weighted by Gasteiger charge is 2.29. The number of aromatic nitrogens is 1. The van der Waals surface area contributed by atoms with Crippen molar-refractivity contribution in [3.63, 3.8) is 0 Å². The van der Waals surface area contributed by atoms with Crippen LogP contribution in [0.15, 0.2) is 48.7 Å². The van der Waals surface area contributed by atoms with Gasteiger partial charge in [0.15, 0.2) is 0 Å². The molecule has 124 valence electrons. The molecule has 0 fully saturated rings. The quantitative estimate of drug-likeness (QED) is 0.579. The molecule has 0 aliphatic heterocycles. The molecule has 0 bridgehead atoms. The third kappa shape index (κ3) is 3.17. The van der Waals surface area contributed by atoms with Crippen LogP contribution in [0.2, 0.25) is 0 Å². The van der Waals surface area contributed by atoms with E-state index in [1.54, 1.807) is 12.1 Å². The van der Waals surface area contributed by atoms with Gasteiger partial charge in [-0.25, -0.2) is 0 Å². The molecule has 0 unspecified atom stereocenters. The molecule has 0 atom stereocenters. The molecule has 1 heterocycles. The van der Waals surface area contributed by atoms with Gasteiger partial charge < -0.3 is 4.57 Å². The maximum absolute atomic E-state index is 12.6. The van der Waals surface area contributed by atoms with Crippen molar-refractivity contribution in [1.29, 1.82) is 0 Å². The second-order valence-electron chi connectivity index (χ2n) is 5.64. The van der Waals surface area contributed by atoms with E-state index in [0.29, 0.717) is 12.1 Å². The van der Waals surface area contributed by atoms with Crippen molar-refractivity contribution in [1.82, 2.24) is 4.57 Å². The molecule has 0 N–H and O–H groups in total. The van der Waals surface area contributed by atoms with Crippen LogP contribution < -0.4 is 0 Å². The summed E-state index contributed by atoms with van der Waals surface area (Å²) in [6.45, 7) is 2.34. The minimum atomic E-state index is -4.34. The molecule has 2 aromatic carbocycles. The van der Waals surface area contributed by atoms with Crippen LogP contribution in [-0.4, -0.2) is 9.81 Å². The number of alkyl halides is 3. The third-order valence-corrected chi connectivity index (χ3v) is 4.16. The van der Waals surface area contributed by atoms with Gasteiger partial charge in [-0.1, -0.05) is 18.2 Å². The van der Waals surface area contributed by atoms with Crippen molar-refractivity contribution in [2.24, 2.45) is 0 Å². The maximum Gasteiger partial charge on any atom is 0.416 e. The molecule has 6 heteroatoms. The zero-order valence-corrected chi connectivity index (χ0v) is 13.4. The van der Waals surface area contributed by atoms with E-state index in [9.17, 15) is 18.0 Å². The highest BCUT2D eigenvalue weighted by atomic mass is 35.5. The van der Waals surface area contributed by atoms with Crippen LogP contribution in [0.5, 0.6) is 0 Å². The minimum Gasteiger partial charge on any atom is -0.343 e. The Morgan fingerprint density at radius 2 is 1.79 bits per heavy atom. The van der Waals surface area contributed by atoms with Gasteiger partial charge in [0, 0.05) is 29.2 Å². The van der Waals surface area contributed by atoms with E-state index in [0.717, 1.165) is 34.2 Å². The van der Waals surface area contributed by atoms with Gasteiger partial charge in [-0.05, 0) is 53.9 Å². The van der Waals surface area contributed by atoms with E-state index in [-0.39, 0.29) is 0 Å². The Balaban J connectivity index is 1.97. The lowest BCUT2D eigenvalue weighted by molar-refractivity contribution is -0.137. The Bertz CT molecular complexity index is 910. The van der Waals surface area contributed by atoms with Gasteiger partial charge in [0.1, 0.15) is 0 Å². The van der Waals surface area contributed by atoms with Crippen molar-refractivity contribution in [3.8, 4) is 0 Å². The normalized spacial score (nSPS) is 11.9. The van der Waals surface area contributed by atoms with Gasteiger partial charge >= 0.3 is 6.18 Å². The van der Waals surface area contributed by atoms with E-state index in [1.165, 1.54) is 12.1 Å². The van der Waals surface area contributed by atoms with Crippen LogP contribution >= 0.6 is 11.6 Å². The monoisotopic (exact) mass is 351 g/mol. The largest absolute Gasteiger partial charge is 0.416 e. The summed E-state index contributed by atoms with van der Waals surface area (Å²) in [7, 11) is 0. The van der Waals surface area contributed by atoms with Crippen molar-refractivity contribution in [3.05, 3.63) is 70.9 Å². The van der Waals surface area contributed by atoms with Gasteiger partial charge in [-0.3, -0.25) is 4.79 Å². The molecule has 0 saturated heterocycles. The second kappa shape index (κ2) is 5.98. The molecule has 3 aromatic rings. The van der Waals surface area contributed by atoms with Crippen molar-refractivity contribution >= 4 is 27.7 Å². The SMILES string of the molecule is Cc1cn(Cc2ccc(C(F)(F)F)cc2)c2cc(C(=O)Cl)ccc12. The fourth-order valence-corrected chi connectivity index (χ4v) is 2.84. The number of hydrogen-bond acceptors (Lipinski definition) is 1. The Hall–Kier alpha value is -2.27. The molecular formula is C18H13ClF3NO. The number of aryl methyl sites for hydroxylation is 1. The summed E-state index contributed by atoms with van der Waals surface area (Å²) >= 11 is 5.53. The molecule has 0 spiro atoms. The number of fused-ring (bicyclic) bond motifs is 1. The molecule has 0 aliphatic rings. The Morgan fingerprint density at radius 1 is 1.12 bits per heavy atom. The summed E-state index contributed by atoms with van der Waals surface area (Å²) < 4.78 is 39.8. The highest BCUT2D eigenvalue weighted by molar-refractivity contribution is 6.67. The standard InChI is InChI=1S/C18H13ClF3NO/c1-11-9-23(16-8-13(17(19)24)4-7-15(11)16)10-12-2-5-14(6-3-12)18(20,21)22/h2-9H,10H2,1H3. The predicted molar refractivity (Wildman–Crippen MR) is 87.4 cm³/mol. The minimum absolute atomic E-state index is 0.385. The number of halogens is 4. The summed E-state index contributed by atoms with van der Waals surface area (Å²) in [6.07, 6.45) is -2.43. The molecular weight excluding hydrogens is 339 g/mol. The van der Waals surface area contributed by atoms with Crippen LogP contribution in [0.4, 0.5) is 13.2 Å². The van der Waals surface area contributed by atoms with Crippen molar-refractivity contribution in [2.75, 3.05) is 0 Å². The van der Waals surface area contributed by atoms with Crippen LogP contribution in [0, 0.1) is 6.92 Å². The first-order valence-electron chi connectivity index (χ1n) is 7.21. The molecule has 0 amide bonds. The van der Waals surface area contributed by atoms with Gasteiger partial charge in [0.25, 0.3) is 5.24 Å². The Morgan fingerprint density at radius 3 is 2.38 bits per heavy atom. The van der Waals surface area contributed by atoms with E-state index < -0.39 is 17.0 Å². The predicted octanol–water partition coefficient (Wildman–Crippen LogP) is 5.40. The maximum atomic E-state index is 12.6. The smallest absolute Gasteiger partial charge is 0.343 e. The lowest BCUT2D eigenvalue weighted by Crippen LogP contribution is -2.05. The zero-order chi connectivity index (χ0) is 17.5. The Kier molecular flexibility index (Phi) is 4.13. The summed E-state index contributed by atoms with van der Waals surface area (Å²) in [5.74, 6) is 0. The van der Waals surface area contributed by atoms with Gasteiger partial charge in [0.05, 0.1) is 5.56 Å². The van der Waals surface area contributed by atoms with E-state index in [2.05, 4.69) is 0 Å². The first-order chi connectivity index (χ1) is 11.3.